The number of hydrogen-bond donors (Lipinski definition) is 1. The Balaban J connectivity index is 2.38. The lowest BCUT2D eigenvalue weighted by atomic mass is 10.0. The Kier molecular flexibility index (Phi) is 10.7. The molecule has 0 aliphatic heterocycles. The lowest BCUT2D eigenvalue weighted by Crippen LogP contribution is -2.53. The summed E-state index contributed by atoms with van der Waals surface area (Å²) in [6.45, 7) is 2.19. The zero-order valence-electron chi connectivity index (χ0n) is 20.0. The van der Waals surface area contributed by atoms with Gasteiger partial charge in [-0.05, 0) is 29.7 Å². The van der Waals surface area contributed by atoms with Gasteiger partial charge in [0.25, 0.3) is 0 Å². The molecule has 2 aromatic rings. The molecule has 2 aromatic carbocycles. The van der Waals surface area contributed by atoms with Crippen LogP contribution in [0.5, 0.6) is 0 Å². The molecule has 0 unspecified atom stereocenters. The van der Waals surface area contributed by atoms with E-state index in [9.17, 15) is 22.4 Å². The fraction of sp³-hybridized carbons (Fsp3) is 0.440. The minimum absolute atomic E-state index is 0.0383. The third-order valence-corrected chi connectivity index (χ3v) is 6.80. The summed E-state index contributed by atoms with van der Waals surface area (Å²) in [6.07, 6.45) is 4.09. The molecule has 0 saturated carbocycles. The van der Waals surface area contributed by atoms with Gasteiger partial charge in [0.15, 0.2) is 0 Å². The van der Waals surface area contributed by atoms with E-state index in [0.717, 1.165) is 35.4 Å². The SMILES string of the molecule is CCCCCNC(=O)[C@@H](Cc1ccccc1)N(Cc1ccc(F)cc1)C(=O)CN(C)S(C)(=O)=O. The second-order valence-corrected chi connectivity index (χ2v) is 10.5. The van der Waals surface area contributed by atoms with E-state index < -0.39 is 34.3 Å². The minimum atomic E-state index is -3.60. The van der Waals surface area contributed by atoms with Gasteiger partial charge in [0, 0.05) is 26.6 Å². The third kappa shape index (κ3) is 8.87. The van der Waals surface area contributed by atoms with E-state index in [1.54, 1.807) is 12.1 Å². The van der Waals surface area contributed by atoms with Crippen LogP contribution in [-0.4, -0.2) is 61.9 Å². The second kappa shape index (κ2) is 13.2. The number of carbonyl (C=O) groups is 2. The number of halogens is 1. The van der Waals surface area contributed by atoms with Crippen molar-refractivity contribution in [3.8, 4) is 0 Å². The zero-order chi connectivity index (χ0) is 25.1. The molecule has 0 aliphatic carbocycles. The summed E-state index contributed by atoms with van der Waals surface area (Å²) in [5, 5.41) is 2.93. The Labute approximate surface area is 202 Å². The Morgan fingerprint density at radius 3 is 2.24 bits per heavy atom. The number of hydrogen-bond acceptors (Lipinski definition) is 4. The number of benzene rings is 2. The van der Waals surface area contributed by atoms with Gasteiger partial charge in [-0.15, -0.1) is 0 Å². The second-order valence-electron chi connectivity index (χ2n) is 8.37. The molecule has 1 N–H and O–H groups in total. The number of carbonyl (C=O) groups excluding carboxylic acids is 2. The van der Waals surface area contributed by atoms with Crippen molar-refractivity contribution >= 4 is 21.8 Å². The Hall–Kier alpha value is -2.78. The predicted molar refractivity (Wildman–Crippen MR) is 131 cm³/mol. The first-order chi connectivity index (χ1) is 16.1. The zero-order valence-corrected chi connectivity index (χ0v) is 20.9. The van der Waals surface area contributed by atoms with Gasteiger partial charge in [-0.3, -0.25) is 9.59 Å². The summed E-state index contributed by atoms with van der Waals surface area (Å²) >= 11 is 0. The predicted octanol–water partition coefficient (Wildman–Crippen LogP) is 2.96. The standard InChI is InChI=1S/C25H34FN3O4S/c1-4-5-9-16-27-25(31)23(17-20-10-7-6-8-11-20)29(18-21-12-14-22(26)15-13-21)24(30)19-28(2)34(3,32)33/h6-8,10-15,23H,4-5,9,16-19H2,1-3H3,(H,27,31)/t23-/m1/s1. The minimum Gasteiger partial charge on any atom is -0.354 e. The van der Waals surface area contributed by atoms with Crippen LogP contribution in [0.1, 0.15) is 37.3 Å². The van der Waals surface area contributed by atoms with E-state index in [0.29, 0.717) is 12.1 Å². The van der Waals surface area contributed by atoms with Gasteiger partial charge in [0.1, 0.15) is 11.9 Å². The summed E-state index contributed by atoms with van der Waals surface area (Å²) in [6, 6.07) is 14.1. The van der Waals surface area contributed by atoms with Gasteiger partial charge < -0.3 is 10.2 Å². The number of sulfonamides is 1. The van der Waals surface area contributed by atoms with Crippen LogP contribution in [0.15, 0.2) is 54.6 Å². The third-order valence-electron chi connectivity index (χ3n) is 5.54. The molecule has 0 bridgehead atoms. The van der Waals surface area contributed by atoms with E-state index in [1.807, 2.05) is 30.3 Å². The highest BCUT2D eigenvalue weighted by Crippen LogP contribution is 2.16. The molecule has 2 rings (SSSR count). The maximum atomic E-state index is 13.4. The molecule has 0 radical (unpaired) electrons. The molecule has 1 atom stereocenters. The van der Waals surface area contributed by atoms with E-state index in [-0.39, 0.29) is 18.9 Å². The van der Waals surface area contributed by atoms with E-state index in [4.69, 9.17) is 0 Å². The monoisotopic (exact) mass is 491 g/mol. The molecule has 9 heteroatoms. The van der Waals surface area contributed by atoms with E-state index >= 15 is 0 Å². The van der Waals surface area contributed by atoms with Crippen LogP contribution in [0.3, 0.4) is 0 Å². The molecule has 2 amide bonds. The van der Waals surface area contributed by atoms with Crippen molar-refractivity contribution in [1.29, 1.82) is 0 Å². The van der Waals surface area contributed by atoms with Gasteiger partial charge in [0.2, 0.25) is 21.8 Å². The molecule has 0 aromatic heterocycles. The molecule has 186 valence electrons. The molecule has 0 saturated heterocycles. The van der Waals surface area contributed by atoms with Crippen molar-refractivity contribution in [3.63, 3.8) is 0 Å². The molecule has 0 fully saturated rings. The van der Waals surface area contributed by atoms with Gasteiger partial charge in [0.05, 0.1) is 12.8 Å². The highest BCUT2D eigenvalue weighted by molar-refractivity contribution is 7.88. The number of rotatable bonds is 13. The van der Waals surface area contributed by atoms with Crippen LogP contribution < -0.4 is 5.32 Å². The molecular formula is C25H34FN3O4S. The largest absolute Gasteiger partial charge is 0.354 e. The van der Waals surface area contributed by atoms with Crippen molar-refractivity contribution < 1.29 is 22.4 Å². The van der Waals surface area contributed by atoms with Gasteiger partial charge >= 0.3 is 0 Å². The summed E-state index contributed by atoms with van der Waals surface area (Å²) in [5.74, 6) is -1.23. The van der Waals surface area contributed by atoms with Gasteiger partial charge in [-0.25, -0.2) is 12.8 Å². The summed E-state index contributed by atoms with van der Waals surface area (Å²) in [4.78, 5) is 28.0. The smallest absolute Gasteiger partial charge is 0.243 e. The molecule has 0 heterocycles. The number of unbranched alkanes of at least 4 members (excludes halogenated alkanes) is 2. The molecule has 7 nitrogen and oxygen atoms in total. The number of nitrogens with one attached hydrogen (secondary N) is 1. The maximum Gasteiger partial charge on any atom is 0.243 e. The normalized spacial score (nSPS) is 12.4. The van der Waals surface area contributed by atoms with Crippen molar-refractivity contribution in [2.75, 3.05) is 26.4 Å². The van der Waals surface area contributed by atoms with Crippen LogP contribution >= 0.6 is 0 Å². The summed E-state index contributed by atoms with van der Waals surface area (Å²) in [5.41, 5.74) is 1.50. The Bertz CT molecular complexity index is 1030. The summed E-state index contributed by atoms with van der Waals surface area (Å²) < 4.78 is 38.2. The average Bonchev–Trinajstić information content (AvgIpc) is 2.80. The van der Waals surface area contributed by atoms with Crippen molar-refractivity contribution in [2.24, 2.45) is 0 Å². The van der Waals surface area contributed by atoms with Crippen molar-refractivity contribution in [1.82, 2.24) is 14.5 Å². The summed E-state index contributed by atoms with van der Waals surface area (Å²) in [7, 11) is -2.28. The number of likely N-dealkylation sites (N-methyl/N-ethyl adjacent to an activating group) is 1. The van der Waals surface area contributed by atoms with Crippen LogP contribution in [0.4, 0.5) is 4.39 Å². The first kappa shape index (κ1) is 27.5. The van der Waals surface area contributed by atoms with Crippen LogP contribution in [0, 0.1) is 5.82 Å². The maximum absolute atomic E-state index is 13.4. The van der Waals surface area contributed by atoms with Crippen LogP contribution in [0.25, 0.3) is 0 Å². The average molecular weight is 492 g/mol. The lowest BCUT2D eigenvalue weighted by molar-refractivity contribution is -0.141. The molecule has 0 aliphatic rings. The quantitative estimate of drug-likeness (QED) is 0.437. The van der Waals surface area contributed by atoms with Gasteiger partial charge in [-0.1, -0.05) is 62.2 Å². The Morgan fingerprint density at radius 2 is 1.65 bits per heavy atom. The number of amides is 2. The molecule has 34 heavy (non-hydrogen) atoms. The van der Waals surface area contributed by atoms with Crippen molar-refractivity contribution in [3.05, 3.63) is 71.5 Å². The lowest BCUT2D eigenvalue weighted by Gasteiger charge is -2.32. The fourth-order valence-electron chi connectivity index (χ4n) is 3.44. The first-order valence-electron chi connectivity index (χ1n) is 11.4. The highest BCUT2D eigenvalue weighted by Gasteiger charge is 2.31. The molecule has 0 spiro atoms. The van der Waals surface area contributed by atoms with E-state index in [2.05, 4.69) is 12.2 Å². The van der Waals surface area contributed by atoms with Crippen LogP contribution in [-0.2, 0) is 32.6 Å². The van der Waals surface area contributed by atoms with Crippen LogP contribution in [0.2, 0.25) is 0 Å². The number of nitrogens with zero attached hydrogens (tertiary/aromatic N) is 2. The molecular weight excluding hydrogens is 457 g/mol. The highest BCUT2D eigenvalue weighted by atomic mass is 32.2. The Morgan fingerprint density at radius 1 is 1.00 bits per heavy atom. The van der Waals surface area contributed by atoms with Crippen molar-refractivity contribution in [2.45, 2.75) is 45.2 Å². The van der Waals surface area contributed by atoms with E-state index in [1.165, 1.54) is 24.1 Å². The van der Waals surface area contributed by atoms with Gasteiger partial charge in [-0.2, -0.15) is 4.31 Å². The topological polar surface area (TPSA) is 86.8 Å². The first-order valence-corrected chi connectivity index (χ1v) is 13.2. The fourth-order valence-corrected chi connectivity index (χ4v) is 3.79.